The Labute approximate surface area is 120 Å². The average molecular weight is 316 g/mol. The maximum absolute atomic E-state index is 12.2. The molecule has 2 rings (SSSR count). The van der Waals surface area contributed by atoms with Gasteiger partial charge < -0.3 is 5.73 Å². The highest BCUT2D eigenvalue weighted by Crippen LogP contribution is 2.24. The molecule has 0 radical (unpaired) electrons. The van der Waals surface area contributed by atoms with Crippen molar-refractivity contribution < 1.29 is 8.42 Å². The van der Waals surface area contributed by atoms with Crippen LogP contribution in [0.1, 0.15) is 17.4 Å². The van der Waals surface area contributed by atoms with Crippen molar-refractivity contribution in [2.45, 2.75) is 17.6 Å². The second-order valence-corrected chi connectivity index (χ2v) is 7.22. The molecule has 0 aromatic carbocycles. The molecule has 9 heteroatoms. The number of thiophene rings is 1. The summed E-state index contributed by atoms with van der Waals surface area (Å²) in [6.07, 6.45) is 2.18. The summed E-state index contributed by atoms with van der Waals surface area (Å²) in [5.74, 6) is 0.180. The molecule has 2 aromatic heterocycles. The number of rotatable bonds is 5. The number of aromatic nitrogens is 2. The summed E-state index contributed by atoms with van der Waals surface area (Å²) in [5, 5.41) is 6.26. The summed E-state index contributed by atoms with van der Waals surface area (Å²) in [6, 6.07) is 3.36. The Kier molecular flexibility index (Phi) is 3.88. The highest BCUT2D eigenvalue weighted by molar-refractivity contribution is 7.94. The first-order valence-electron chi connectivity index (χ1n) is 5.38. The molecule has 0 fully saturated rings. The van der Waals surface area contributed by atoms with Gasteiger partial charge in [0, 0.05) is 4.88 Å². The monoisotopic (exact) mass is 316 g/mol. The molecule has 4 N–H and O–H groups in total. The third-order valence-electron chi connectivity index (χ3n) is 2.39. The third kappa shape index (κ3) is 2.94. The van der Waals surface area contributed by atoms with E-state index in [0.717, 1.165) is 11.3 Å². The fourth-order valence-corrected chi connectivity index (χ4v) is 3.91. The lowest BCUT2D eigenvalue weighted by atomic mass is 10.3. The second-order valence-electron chi connectivity index (χ2n) is 3.70. The van der Waals surface area contributed by atoms with E-state index >= 15 is 0 Å². The van der Waals surface area contributed by atoms with Gasteiger partial charge in [-0.05, 0) is 18.6 Å². The zero-order valence-electron chi connectivity index (χ0n) is 10.0. The number of H-pyrrole nitrogens is 1. The van der Waals surface area contributed by atoms with Crippen molar-refractivity contribution >= 4 is 44.4 Å². The molecule has 0 saturated heterocycles. The molecular formula is C10H12N4O2S3. The number of aromatic amines is 1. The summed E-state index contributed by atoms with van der Waals surface area (Å²) in [6.45, 7) is 1.97. The van der Waals surface area contributed by atoms with Crippen LogP contribution in [0.15, 0.2) is 22.5 Å². The number of hydrogen-bond acceptors (Lipinski definition) is 5. The number of nitrogens with zero attached hydrogens (tertiary/aromatic N) is 1. The van der Waals surface area contributed by atoms with E-state index in [1.165, 1.54) is 17.5 Å². The van der Waals surface area contributed by atoms with Crippen LogP contribution in [0.25, 0.3) is 0 Å². The molecule has 2 aromatic rings. The fraction of sp³-hybridized carbons (Fsp3) is 0.200. The Morgan fingerprint density at radius 2 is 2.32 bits per heavy atom. The van der Waals surface area contributed by atoms with Crippen molar-refractivity contribution in [3.05, 3.63) is 28.8 Å². The van der Waals surface area contributed by atoms with E-state index in [-0.39, 0.29) is 15.0 Å². The molecular weight excluding hydrogens is 304 g/mol. The van der Waals surface area contributed by atoms with Crippen molar-refractivity contribution in [2.75, 3.05) is 4.72 Å². The smallest absolute Gasteiger partial charge is 0.272 e. The molecule has 0 aliphatic heterocycles. The van der Waals surface area contributed by atoms with Crippen LogP contribution in [0.4, 0.5) is 5.82 Å². The highest BCUT2D eigenvalue weighted by Gasteiger charge is 2.20. The molecule has 102 valence electrons. The van der Waals surface area contributed by atoms with Gasteiger partial charge in [-0.15, -0.1) is 11.3 Å². The van der Waals surface area contributed by atoms with Crippen LogP contribution >= 0.6 is 23.6 Å². The van der Waals surface area contributed by atoms with Gasteiger partial charge in [-0.3, -0.25) is 9.82 Å². The van der Waals surface area contributed by atoms with Crippen molar-refractivity contribution in [2.24, 2.45) is 5.73 Å². The molecule has 0 saturated carbocycles. The molecule has 0 amide bonds. The first-order valence-corrected chi connectivity index (χ1v) is 8.09. The van der Waals surface area contributed by atoms with Gasteiger partial charge in [0.25, 0.3) is 10.0 Å². The van der Waals surface area contributed by atoms with Gasteiger partial charge in [0.15, 0.2) is 0 Å². The minimum absolute atomic E-state index is 0.0758. The predicted molar refractivity (Wildman–Crippen MR) is 79.0 cm³/mol. The molecule has 0 unspecified atom stereocenters. The number of sulfonamides is 1. The van der Waals surface area contributed by atoms with Gasteiger partial charge >= 0.3 is 0 Å². The van der Waals surface area contributed by atoms with Crippen molar-refractivity contribution in [1.82, 2.24) is 10.2 Å². The van der Waals surface area contributed by atoms with Crippen LogP contribution in [0.3, 0.4) is 0 Å². The summed E-state index contributed by atoms with van der Waals surface area (Å²) in [5.41, 5.74) is 5.85. The Bertz CT molecular complexity index is 702. The average Bonchev–Trinajstić information content (AvgIpc) is 2.95. The van der Waals surface area contributed by atoms with Crippen LogP contribution in [0.2, 0.25) is 0 Å². The SMILES string of the molecule is CCc1ccc(S(=O)(=O)Nc2[nH]ncc2C(N)=S)s1. The van der Waals surface area contributed by atoms with E-state index in [9.17, 15) is 8.42 Å². The van der Waals surface area contributed by atoms with E-state index in [2.05, 4.69) is 14.9 Å². The number of nitrogens with one attached hydrogen (secondary N) is 2. The Hall–Kier alpha value is -1.45. The largest absolute Gasteiger partial charge is 0.389 e. The predicted octanol–water partition coefficient (Wildman–Crippen LogP) is 1.47. The number of anilines is 1. The quantitative estimate of drug-likeness (QED) is 0.725. The first kappa shape index (κ1) is 14.0. The van der Waals surface area contributed by atoms with Gasteiger partial charge in [0.2, 0.25) is 0 Å². The Morgan fingerprint density at radius 3 is 2.89 bits per heavy atom. The van der Waals surface area contributed by atoms with Gasteiger partial charge in [0.05, 0.1) is 11.8 Å². The molecule has 0 bridgehead atoms. The topological polar surface area (TPSA) is 101 Å². The minimum atomic E-state index is -3.65. The normalized spacial score (nSPS) is 11.4. The fourth-order valence-electron chi connectivity index (χ4n) is 1.43. The van der Waals surface area contributed by atoms with Crippen LogP contribution in [0, 0.1) is 0 Å². The molecule has 6 nitrogen and oxygen atoms in total. The van der Waals surface area contributed by atoms with Crippen molar-refractivity contribution in [3.63, 3.8) is 0 Å². The first-order chi connectivity index (χ1) is 8.94. The van der Waals surface area contributed by atoms with E-state index in [0.29, 0.717) is 5.56 Å². The van der Waals surface area contributed by atoms with Crippen molar-refractivity contribution in [3.8, 4) is 0 Å². The Balaban J connectivity index is 2.31. The lowest BCUT2D eigenvalue weighted by Gasteiger charge is -2.05. The summed E-state index contributed by atoms with van der Waals surface area (Å²) in [4.78, 5) is 1.08. The van der Waals surface area contributed by atoms with E-state index in [1.807, 2.05) is 6.92 Å². The summed E-state index contributed by atoms with van der Waals surface area (Å²) in [7, 11) is -3.65. The van der Waals surface area contributed by atoms with Crippen LogP contribution in [0.5, 0.6) is 0 Å². The highest BCUT2D eigenvalue weighted by atomic mass is 32.2. The van der Waals surface area contributed by atoms with E-state index < -0.39 is 10.0 Å². The number of nitrogens with two attached hydrogens (primary N) is 1. The lowest BCUT2D eigenvalue weighted by Crippen LogP contribution is -2.16. The maximum Gasteiger partial charge on any atom is 0.272 e. The maximum atomic E-state index is 12.2. The summed E-state index contributed by atoms with van der Waals surface area (Å²) >= 11 is 6.04. The molecule has 0 atom stereocenters. The van der Waals surface area contributed by atoms with Gasteiger partial charge in [-0.2, -0.15) is 5.10 Å². The second kappa shape index (κ2) is 5.27. The van der Waals surface area contributed by atoms with Crippen molar-refractivity contribution in [1.29, 1.82) is 0 Å². The number of thiocarbonyl (C=S) groups is 1. The minimum Gasteiger partial charge on any atom is -0.389 e. The van der Waals surface area contributed by atoms with E-state index in [1.54, 1.807) is 12.1 Å². The van der Waals surface area contributed by atoms with Gasteiger partial charge in [-0.1, -0.05) is 19.1 Å². The molecule has 0 aliphatic rings. The standard InChI is InChI=1S/C10H12N4O2S3/c1-2-6-3-4-8(18-6)19(15,16)14-10-7(9(11)17)5-12-13-10/h3-5H,2H2,1H3,(H2,11,17)(H2,12,13,14). The zero-order valence-corrected chi connectivity index (χ0v) is 12.5. The van der Waals surface area contributed by atoms with Gasteiger partial charge in [0.1, 0.15) is 15.0 Å². The molecule has 2 heterocycles. The van der Waals surface area contributed by atoms with Gasteiger partial charge in [-0.25, -0.2) is 8.42 Å². The summed E-state index contributed by atoms with van der Waals surface area (Å²) < 4.78 is 27.0. The number of aryl methyl sites for hydroxylation is 1. The molecule has 19 heavy (non-hydrogen) atoms. The molecule has 0 aliphatic carbocycles. The van der Waals surface area contributed by atoms with Crippen LogP contribution in [-0.2, 0) is 16.4 Å². The number of hydrogen-bond donors (Lipinski definition) is 3. The van der Waals surface area contributed by atoms with E-state index in [4.69, 9.17) is 18.0 Å². The lowest BCUT2D eigenvalue weighted by molar-refractivity contribution is 0.603. The zero-order chi connectivity index (χ0) is 14.0. The van der Waals surface area contributed by atoms with Crippen LogP contribution in [-0.4, -0.2) is 23.6 Å². The van der Waals surface area contributed by atoms with Crippen LogP contribution < -0.4 is 10.5 Å². The Morgan fingerprint density at radius 1 is 1.58 bits per heavy atom. The third-order valence-corrected chi connectivity index (χ3v) is 5.68. The molecule has 0 spiro atoms.